The van der Waals surface area contributed by atoms with Gasteiger partial charge in [-0.1, -0.05) is 18.2 Å². The SMILES string of the molecule is CN(C)C(=O)N1CCN(c2ccccc2)C(=O)C1. The molecule has 1 aliphatic heterocycles. The lowest BCUT2D eigenvalue weighted by Gasteiger charge is -2.35. The van der Waals surface area contributed by atoms with Gasteiger partial charge in [-0.05, 0) is 12.1 Å². The van der Waals surface area contributed by atoms with E-state index in [1.807, 2.05) is 30.3 Å². The number of nitrogens with zero attached hydrogens (tertiary/aromatic N) is 3. The molecule has 5 heteroatoms. The third-order valence-electron chi connectivity index (χ3n) is 2.94. The molecule has 0 atom stereocenters. The van der Waals surface area contributed by atoms with Crippen molar-refractivity contribution in [3.05, 3.63) is 30.3 Å². The van der Waals surface area contributed by atoms with E-state index in [2.05, 4.69) is 0 Å². The summed E-state index contributed by atoms with van der Waals surface area (Å²) in [5.41, 5.74) is 0.888. The minimum atomic E-state index is -0.115. The lowest BCUT2D eigenvalue weighted by atomic mass is 10.2. The van der Waals surface area contributed by atoms with E-state index in [9.17, 15) is 9.59 Å². The number of para-hydroxylation sites is 1. The van der Waals surface area contributed by atoms with Gasteiger partial charge in [0.2, 0.25) is 5.91 Å². The number of carbonyl (C=O) groups is 2. The number of anilines is 1. The highest BCUT2D eigenvalue weighted by atomic mass is 16.2. The third-order valence-corrected chi connectivity index (χ3v) is 2.94. The molecule has 0 spiro atoms. The molecule has 0 radical (unpaired) electrons. The number of piperazine rings is 1. The molecule has 2 rings (SSSR count). The fourth-order valence-electron chi connectivity index (χ4n) is 2.00. The highest BCUT2D eigenvalue weighted by Crippen LogP contribution is 2.16. The Morgan fingerprint density at radius 1 is 1.17 bits per heavy atom. The first-order chi connectivity index (χ1) is 8.59. The zero-order valence-electron chi connectivity index (χ0n) is 10.7. The van der Waals surface area contributed by atoms with Gasteiger partial charge in [0, 0.05) is 32.9 Å². The van der Waals surface area contributed by atoms with Crippen LogP contribution in [0.4, 0.5) is 10.5 Å². The molecule has 1 fully saturated rings. The lowest BCUT2D eigenvalue weighted by Crippen LogP contribution is -2.54. The molecule has 1 aromatic carbocycles. The maximum Gasteiger partial charge on any atom is 0.320 e. The number of hydrogen-bond donors (Lipinski definition) is 0. The molecule has 0 saturated carbocycles. The van der Waals surface area contributed by atoms with Crippen molar-refractivity contribution in [3.8, 4) is 0 Å². The van der Waals surface area contributed by atoms with Crippen molar-refractivity contribution >= 4 is 17.6 Å². The molecule has 1 heterocycles. The molecule has 0 aliphatic carbocycles. The van der Waals surface area contributed by atoms with E-state index in [4.69, 9.17) is 0 Å². The van der Waals surface area contributed by atoms with Gasteiger partial charge in [0.25, 0.3) is 0 Å². The monoisotopic (exact) mass is 247 g/mol. The van der Waals surface area contributed by atoms with Gasteiger partial charge < -0.3 is 14.7 Å². The van der Waals surface area contributed by atoms with Crippen LogP contribution in [0, 0.1) is 0 Å². The van der Waals surface area contributed by atoms with E-state index in [1.165, 1.54) is 4.90 Å². The zero-order chi connectivity index (χ0) is 13.1. The first-order valence-electron chi connectivity index (χ1n) is 5.91. The normalized spacial score (nSPS) is 15.8. The third kappa shape index (κ3) is 2.45. The van der Waals surface area contributed by atoms with E-state index in [0.717, 1.165) is 5.69 Å². The van der Waals surface area contributed by atoms with Crippen molar-refractivity contribution < 1.29 is 9.59 Å². The van der Waals surface area contributed by atoms with Gasteiger partial charge in [-0.25, -0.2) is 4.79 Å². The van der Waals surface area contributed by atoms with Gasteiger partial charge in [0.15, 0.2) is 0 Å². The molecule has 0 aromatic heterocycles. The summed E-state index contributed by atoms with van der Waals surface area (Å²) in [5, 5.41) is 0. The molecule has 1 aromatic rings. The Bertz CT molecular complexity index is 445. The molecule has 0 bridgehead atoms. The summed E-state index contributed by atoms with van der Waals surface area (Å²) in [6, 6.07) is 9.42. The first kappa shape index (κ1) is 12.4. The Kier molecular flexibility index (Phi) is 3.50. The Labute approximate surface area is 107 Å². The minimum absolute atomic E-state index is 0.0392. The second-order valence-corrected chi connectivity index (χ2v) is 4.48. The predicted molar refractivity (Wildman–Crippen MR) is 69.5 cm³/mol. The molecule has 0 unspecified atom stereocenters. The largest absolute Gasteiger partial charge is 0.331 e. The van der Waals surface area contributed by atoms with Crippen LogP contribution < -0.4 is 4.90 Å². The number of carbonyl (C=O) groups excluding carboxylic acids is 2. The Hall–Kier alpha value is -2.04. The summed E-state index contributed by atoms with van der Waals surface area (Å²) in [4.78, 5) is 28.6. The van der Waals surface area contributed by atoms with Gasteiger partial charge in [-0.3, -0.25) is 4.79 Å². The van der Waals surface area contributed by atoms with E-state index < -0.39 is 0 Å². The van der Waals surface area contributed by atoms with Crippen LogP contribution in [0.3, 0.4) is 0 Å². The van der Waals surface area contributed by atoms with Gasteiger partial charge in [-0.2, -0.15) is 0 Å². The second kappa shape index (κ2) is 5.08. The summed E-state index contributed by atoms with van der Waals surface area (Å²) >= 11 is 0. The fourth-order valence-corrected chi connectivity index (χ4v) is 2.00. The Morgan fingerprint density at radius 3 is 2.39 bits per heavy atom. The molecule has 96 valence electrons. The molecule has 5 nitrogen and oxygen atoms in total. The molecule has 3 amide bonds. The lowest BCUT2D eigenvalue weighted by molar-refractivity contribution is -0.120. The Morgan fingerprint density at radius 2 is 1.83 bits per heavy atom. The molecule has 18 heavy (non-hydrogen) atoms. The van der Waals surface area contributed by atoms with Crippen molar-refractivity contribution in [2.24, 2.45) is 0 Å². The molecular formula is C13H17N3O2. The molecular weight excluding hydrogens is 230 g/mol. The number of hydrogen-bond acceptors (Lipinski definition) is 2. The summed E-state index contributed by atoms with van der Waals surface area (Å²) < 4.78 is 0. The number of benzene rings is 1. The molecule has 1 aliphatic rings. The first-order valence-corrected chi connectivity index (χ1v) is 5.91. The van der Waals surface area contributed by atoms with Gasteiger partial charge in [0.05, 0.1) is 0 Å². The Balaban J connectivity index is 2.06. The standard InChI is InChI=1S/C13H17N3O2/c1-14(2)13(18)15-8-9-16(12(17)10-15)11-6-4-3-5-7-11/h3-7H,8-10H2,1-2H3. The van der Waals surface area contributed by atoms with E-state index >= 15 is 0 Å². The maximum atomic E-state index is 12.0. The maximum absolute atomic E-state index is 12.0. The summed E-state index contributed by atoms with van der Waals surface area (Å²) in [7, 11) is 3.38. The van der Waals surface area contributed by atoms with Crippen LogP contribution in [0.5, 0.6) is 0 Å². The van der Waals surface area contributed by atoms with Gasteiger partial charge >= 0.3 is 6.03 Å². The van der Waals surface area contributed by atoms with Crippen LogP contribution in [-0.2, 0) is 4.79 Å². The van der Waals surface area contributed by atoms with Crippen molar-refractivity contribution in [3.63, 3.8) is 0 Å². The van der Waals surface area contributed by atoms with Crippen LogP contribution >= 0.6 is 0 Å². The minimum Gasteiger partial charge on any atom is -0.331 e. The molecule has 0 N–H and O–H groups in total. The topological polar surface area (TPSA) is 43.9 Å². The van der Waals surface area contributed by atoms with Crippen molar-refractivity contribution in [1.82, 2.24) is 9.80 Å². The highest BCUT2D eigenvalue weighted by Gasteiger charge is 2.28. The van der Waals surface area contributed by atoms with Crippen molar-refractivity contribution in [1.29, 1.82) is 0 Å². The average molecular weight is 247 g/mol. The predicted octanol–water partition coefficient (Wildman–Crippen LogP) is 1.02. The van der Waals surface area contributed by atoms with Crippen LogP contribution in [0.25, 0.3) is 0 Å². The number of urea groups is 1. The van der Waals surface area contributed by atoms with Gasteiger partial charge in [0.1, 0.15) is 6.54 Å². The van der Waals surface area contributed by atoms with Crippen molar-refractivity contribution in [2.75, 3.05) is 38.6 Å². The number of rotatable bonds is 1. The van der Waals surface area contributed by atoms with Crippen LogP contribution in [-0.4, -0.2) is 55.5 Å². The van der Waals surface area contributed by atoms with Crippen molar-refractivity contribution in [2.45, 2.75) is 0 Å². The molecule has 1 saturated heterocycles. The number of amides is 3. The average Bonchev–Trinajstić information content (AvgIpc) is 2.38. The van der Waals surface area contributed by atoms with E-state index in [0.29, 0.717) is 13.1 Å². The zero-order valence-corrected chi connectivity index (χ0v) is 10.7. The summed E-state index contributed by atoms with van der Waals surface area (Å²) in [6.07, 6.45) is 0. The summed E-state index contributed by atoms with van der Waals surface area (Å²) in [6.45, 7) is 1.26. The summed E-state index contributed by atoms with van der Waals surface area (Å²) in [5.74, 6) is -0.0392. The van der Waals surface area contributed by atoms with Crippen LogP contribution in [0.2, 0.25) is 0 Å². The smallest absolute Gasteiger partial charge is 0.320 e. The quantitative estimate of drug-likeness (QED) is 0.743. The fraction of sp³-hybridized carbons (Fsp3) is 0.385. The second-order valence-electron chi connectivity index (χ2n) is 4.48. The van der Waals surface area contributed by atoms with E-state index in [1.54, 1.807) is 23.9 Å². The highest BCUT2D eigenvalue weighted by molar-refractivity contribution is 5.97. The van der Waals surface area contributed by atoms with Crippen LogP contribution in [0.15, 0.2) is 30.3 Å². The van der Waals surface area contributed by atoms with E-state index in [-0.39, 0.29) is 18.5 Å². The van der Waals surface area contributed by atoms with Gasteiger partial charge in [-0.15, -0.1) is 0 Å². The van der Waals surface area contributed by atoms with Crippen LogP contribution in [0.1, 0.15) is 0 Å².